The highest BCUT2D eigenvalue weighted by molar-refractivity contribution is 8.14. The van der Waals surface area contributed by atoms with Crippen molar-refractivity contribution in [3.8, 4) is 0 Å². The summed E-state index contributed by atoms with van der Waals surface area (Å²) in [6.45, 7) is 0. The Morgan fingerprint density at radius 3 is 2.69 bits per heavy atom. The van der Waals surface area contributed by atoms with Crippen LogP contribution >= 0.6 is 10.7 Å². The minimum Gasteiger partial charge on any atom is -0.399 e. The molecule has 0 saturated heterocycles. The van der Waals surface area contributed by atoms with Gasteiger partial charge in [0.1, 0.15) is 0 Å². The molecule has 0 saturated carbocycles. The lowest BCUT2D eigenvalue weighted by molar-refractivity contribution is -0.00512. The first kappa shape index (κ1) is 9.98. The molecule has 0 fully saturated rings. The molecule has 0 radical (unpaired) electrons. The van der Waals surface area contributed by atoms with E-state index in [1.165, 1.54) is 18.2 Å². The minimum atomic E-state index is -3.82. The van der Waals surface area contributed by atoms with E-state index in [1.54, 1.807) is 0 Å². The molecule has 7 heteroatoms. The van der Waals surface area contributed by atoms with Crippen LogP contribution in [0.15, 0.2) is 23.9 Å². The summed E-state index contributed by atoms with van der Waals surface area (Å²) in [5.41, 5.74) is 14.0. The molecule has 0 heterocycles. The van der Waals surface area contributed by atoms with Gasteiger partial charge in [0.05, 0.1) is 0 Å². The summed E-state index contributed by atoms with van der Waals surface area (Å²) in [5.74, 6) is 0. The maximum absolute atomic E-state index is 10.9. The number of halogens is 1. The topological polar surface area (TPSA) is 96.6 Å². The molecule has 1 aliphatic rings. The molecule has 0 aromatic heterocycles. The predicted molar refractivity (Wildman–Crippen MR) is 48.6 cm³/mol. The number of allylic oxidation sites excluding steroid dienone is 2. The first-order valence-electron chi connectivity index (χ1n) is 3.26. The van der Waals surface area contributed by atoms with Gasteiger partial charge in [0.2, 0.25) is 0 Å². The van der Waals surface area contributed by atoms with Gasteiger partial charge in [0.25, 0.3) is 9.05 Å². The fourth-order valence-corrected chi connectivity index (χ4v) is 2.04. The van der Waals surface area contributed by atoms with Crippen molar-refractivity contribution in [3.05, 3.63) is 29.5 Å². The summed E-state index contributed by atoms with van der Waals surface area (Å²) < 4.78 is 21.8. The van der Waals surface area contributed by atoms with Gasteiger partial charge in [-0.1, -0.05) is 6.08 Å². The molecular weight excluding hydrogens is 214 g/mol. The van der Waals surface area contributed by atoms with E-state index in [9.17, 15) is 8.42 Å². The monoisotopic (exact) mass is 219 g/mol. The third-order valence-electron chi connectivity index (χ3n) is 1.49. The Kier molecular flexibility index (Phi) is 2.56. The number of hydrogen-bond acceptors (Lipinski definition) is 3. The zero-order chi connectivity index (χ0) is 10.1. The molecule has 1 rings (SSSR count). The summed E-state index contributed by atoms with van der Waals surface area (Å²) in [5, 5.41) is -1.13. The molecule has 2 N–H and O–H groups in total. The van der Waals surface area contributed by atoms with Crippen molar-refractivity contribution in [3.63, 3.8) is 0 Å². The molecule has 0 aliphatic heterocycles. The van der Waals surface area contributed by atoms with Crippen molar-refractivity contribution in [2.45, 2.75) is 5.25 Å². The third-order valence-corrected chi connectivity index (χ3v) is 3.07. The lowest BCUT2D eigenvalue weighted by Crippen LogP contribution is -2.27. The molecule has 0 bridgehead atoms. The molecule has 13 heavy (non-hydrogen) atoms. The van der Waals surface area contributed by atoms with Crippen LogP contribution in [0.3, 0.4) is 0 Å². The van der Waals surface area contributed by atoms with Crippen LogP contribution in [0.25, 0.3) is 5.53 Å². The lowest BCUT2D eigenvalue weighted by atomic mass is 10.1. The largest absolute Gasteiger partial charge is 0.399 e. The highest BCUT2D eigenvalue weighted by Crippen LogP contribution is 2.15. The second-order valence-electron chi connectivity index (χ2n) is 2.42. The van der Waals surface area contributed by atoms with Gasteiger partial charge < -0.3 is 11.3 Å². The molecule has 1 atom stereocenters. The Morgan fingerprint density at radius 1 is 1.62 bits per heavy atom. The number of nitrogens with zero attached hydrogens (tertiary/aromatic N) is 2. The Balaban J connectivity index is 3.20. The van der Waals surface area contributed by atoms with Crippen molar-refractivity contribution >= 4 is 25.4 Å². The van der Waals surface area contributed by atoms with Crippen LogP contribution in [-0.4, -0.2) is 24.2 Å². The van der Waals surface area contributed by atoms with E-state index in [2.05, 4.69) is 4.79 Å². The van der Waals surface area contributed by atoms with Crippen LogP contribution in [0, 0.1) is 0 Å². The van der Waals surface area contributed by atoms with Gasteiger partial charge in [-0.05, 0) is 6.08 Å². The third kappa shape index (κ3) is 2.18. The van der Waals surface area contributed by atoms with Gasteiger partial charge in [0, 0.05) is 22.5 Å². The number of nitrogens with two attached hydrogens (primary N) is 1. The minimum absolute atomic E-state index is 0.0880. The Labute approximate surface area is 79.5 Å². The molecule has 0 aromatic rings. The maximum Gasteiger partial charge on any atom is 0.317 e. The van der Waals surface area contributed by atoms with Crippen molar-refractivity contribution in [2.75, 3.05) is 0 Å². The van der Waals surface area contributed by atoms with Crippen molar-refractivity contribution in [1.29, 1.82) is 0 Å². The highest BCUT2D eigenvalue weighted by Gasteiger charge is 2.33. The molecule has 0 spiro atoms. The van der Waals surface area contributed by atoms with Gasteiger partial charge in [-0.25, -0.2) is 8.42 Å². The standard InChI is InChI=1S/C6H6ClN3O2S/c7-13(11,12)6-2-1-4(8)3-5(6)10-9/h1-3,6H,8H2. The quantitative estimate of drug-likeness (QED) is 0.382. The van der Waals surface area contributed by atoms with E-state index in [4.69, 9.17) is 21.9 Å². The molecule has 5 nitrogen and oxygen atoms in total. The fourth-order valence-electron chi connectivity index (χ4n) is 0.922. The Hall–Kier alpha value is -1.10. The van der Waals surface area contributed by atoms with Gasteiger partial charge in [-0.15, -0.1) is 0 Å². The predicted octanol–water partition coefficient (Wildman–Crippen LogP) is 0.00680. The second kappa shape index (κ2) is 3.33. The summed E-state index contributed by atoms with van der Waals surface area (Å²) in [6.07, 6.45) is 3.89. The van der Waals surface area contributed by atoms with Crippen LogP contribution < -0.4 is 5.73 Å². The SMILES string of the molecule is [N-]=[N+]=C1C=C(N)C=CC1S(=O)(=O)Cl. The number of hydrogen-bond donors (Lipinski definition) is 1. The van der Waals surface area contributed by atoms with E-state index in [1.807, 2.05) is 0 Å². The number of rotatable bonds is 1. The fraction of sp³-hybridized carbons (Fsp3) is 0.167. The van der Waals surface area contributed by atoms with Crippen LogP contribution in [0.4, 0.5) is 0 Å². The molecule has 0 amide bonds. The van der Waals surface area contributed by atoms with Crippen LogP contribution in [-0.2, 0) is 9.05 Å². The summed E-state index contributed by atoms with van der Waals surface area (Å²) >= 11 is 0. The molecule has 1 unspecified atom stereocenters. The maximum atomic E-state index is 10.9. The van der Waals surface area contributed by atoms with Gasteiger partial charge >= 0.3 is 5.71 Å². The van der Waals surface area contributed by atoms with E-state index in [-0.39, 0.29) is 5.71 Å². The second-order valence-corrected chi connectivity index (χ2v) is 5.17. The van der Waals surface area contributed by atoms with Crippen LogP contribution in [0.1, 0.15) is 0 Å². The summed E-state index contributed by atoms with van der Waals surface area (Å²) in [7, 11) is 1.28. The zero-order valence-electron chi connectivity index (χ0n) is 6.38. The average molecular weight is 220 g/mol. The smallest absolute Gasteiger partial charge is 0.317 e. The van der Waals surface area contributed by atoms with E-state index >= 15 is 0 Å². The molecule has 70 valence electrons. The van der Waals surface area contributed by atoms with Gasteiger partial charge in [0.15, 0.2) is 5.25 Å². The zero-order valence-corrected chi connectivity index (χ0v) is 7.96. The molecular formula is C6H6ClN3O2S. The molecule has 0 aromatic carbocycles. The first-order chi connectivity index (χ1) is 5.95. The Morgan fingerprint density at radius 2 is 2.23 bits per heavy atom. The summed E-state index contributed by atoms with van der Waals surface area (Å²) in [4.78, 5) is 2.79. The lowest BCUT2D eigenvalue weighted by Gasteiger charge is -2.06. The van der Waals surface area contributed by atoms with E-state index < -0.39 is 14.3 Å². The van der Waals surface area contributed by atoms with E-state index in [0.717, 1.165) is 0 Å². The normalized spacial score (nSPS) is 22.4. The van der Waals surface area contributed by atoms with Crippen molar-refractivity contribution in [1.82, 2.24) is 0 Å². The van der Waals surface area contributed by atoms with Crippen LogP contribution in [0.2, 0.25) is 0 Å². The Bertz CT molecular complexity index is 431. The van der Waals surface area contributed by atoms with Crippen molar-refractivity contribution in [2.24, 2.45) is 5.73 Å². The van der Waals surface area contributed by atoms with E-state index in [0.29, 0.717) is 5.70 Å². The summed E-state index contributed by atoms with van der Waals surface area (Å²) in [6, 6.07) is 0. The van der Waals surface area contributed by atoms with Crippen LogP contribution in [0.5, 0.6) is 0 Å². The van der Waals surface area contributed by atoms with Gasteiger partial charge in [-0.3, -0.25) is 0 Å². The molecule has 1 aliphatic carbocycles. The first-order valence-corrected chi connectivity index (χ1v) is 5.63. The van der Waals surface area contributed by atoms with Crippen molar-refractivity contribution < 1.29 is 13.2 Å². The van der Waals surface area contributed by atoms with Gasteiger partial charge in [-0.2, -0.15) is 4.79 Å². The average Bonchev–Trinajstić information content (AvgIpc) is 2.01. The highest BCUT2D eigenvalue weighted by atomic mass is 35.7.